The monoisotopic (exact) mass is 326 g/mol. The summed E-state index contributed by atoms with van der Waals surface area (Å²) in [4.78, 5) is 46.8. The highest BCUT2D eigenvalue weighted by Gasteiger charge is 2.26. The second-order valence-electron chi connectivity index (χ2n) is 4.59. The zero-order valence-corrected chi connectivity index (χ0v) is 11.7. The Kier molecular flexibility index (Phi) is 6.01. The Morgan fingerprint density at radius 2 is 1.91 bits per heavy atom. The van der Waals surface area contributed by atoms with E-state index in [-0.39, 0.29) is 12.1 Å². The number of rotatable bonds is 7. The van der Waals surface area contributed by atoms with E-state index in [0.717, 1.165) is 6.21 Å². The maximum Gasteiger partial charge on any atom is 0.351 e. The molecule has 2 unspecified atom stereocenters. The lowest BCUT2D eigenvalue weighted by atomic mass is 10.00. The summed E-state index contributed by atoms with van der Waals surface area (Å²) in [5.74, 6) is -5.33. The van der Waals surface area contributed by atoms with E-state index in [9.17, 15) is 19.2 Å². The molecule has 0 aromatic rings. The first kappa shape index (κ1) is 17.9. The molecule has 0 saturated carbocycles. The van der Waals surface area contributed by atoms with Gasteiger partial charge < -0.3 is 25.7 Å². The Hall–Kier alpha value is -3.17. The largest absolute Gasteiger partial charge is 0.481 e. The second-order valence-corrected chi connectivity index (χ2v) is 4.59. The van der Waals surface area contributed by atoms with Crippen molar-refractivity contribution in [3.8, 4) is 0 Å². The van der Waals surface area contributed by atoms with Crippen molar-refractivity contribution in [2.24, 2.45) is 4.99 Å². The third kappa shape index (κ3) is 5.61. The molecule has 0 aromatic carbocycles. The van der Waals surface area contributed by atoms with Crippen molar-refractivity contribution in [1.82, 2.24) is 5.32 Å². The molecule has 10 nitrogen and oxygen atoms in total. The van der Waals surface area contributed by atoms with E-state index in [0.29, 0.717) is 5.57 Å². The number of nitrogens with one attached hydrogen (secondary N) is 1. The minimum atomic E-state index is -1.48. The summed E-state index contributed by atoms with van der Waals surface area (Å²) >= 11 is 0. The molecule has 2 atom stereocenters. The number of hydrogen-bond acceptors (Lipinski definition) is 6. The van der Waals surface area contributed by atoms with Crippen LogP contribution in [-0.4, -0.2) is 62.6 Å². The normalized spacial score (nSPS) is 20.6. The van der Waals surface area contributed by atoms with Crippen molar-refractivity contribution in [2.75, 3.05) is 0 Å². The van der Waals surface area contributed by atoms with Crippen LogP contribution in [0.5, 0.6) is 0 Å². The topological polar surface area (TPSA) is 174 Å². The standard InChI is InChI=1S/C13H14N2O8/c16-10(17)5-7(11(18)19)14-2-1-6-3-8(12(20)21)15-9(4-6)13(22)23/h1-3,7,9,15H,4-5H2,(H,16,17)(H,18,19)(H,20,21)(H,22,23). The number of carboxylic acid groups (broad SMARTS) is 4. The smallest absolute Gasteiger partial charge is 0.351 e. The van der Waals surface area contributed by atoms with Gasteiger partial charge in [0.25, 0.3) is 0 Å². The highest BCUT2D eigenvalue weighted by molar-refractivity contribution is 5.90. The quantitative estimate of drug-likeness (QED) is 0.380. The van der Waals surface area contributed by atoms with Crippen LogP contribution < -0.4 is 5.32 Å². The van der Waals surface area contributed by atoms with E-state index in [1.807, 2.05) is 0 Å². The number of allylic oxidation sites excluding steroid dienone is 2. The average Bonchev–Trinajstić information content (AvgIpc) is 2.45. The zero-order chi connectivity index (χ0) is 17.6. The molecule has 0 bridgehead atoms. The molecule has 0 radical (unpaired) electrons. The van der Waals surface area contributed by atoms with E-state index >= 15 is 0 Å². The SMILES string of the molecule is O=C(O)CC(N=CC=C1C=C(C(=O)O)NC(C(=O)O)C1)C(=O)O. The lowest BCUT2D eigenvalue weighted by Crippen LogP contribution is -2.41. The Labute approximate surface area is 129 Å². The minimum Gasteiger partial charge on any atom is -0.481 e. The van der Waals surface area contributed by atoms with Crippen LogP contribution in [0.3, 0.4) is 0 Å². The zero-order valence-electron chi connectivity index (χ0n) is 11.7. The van der Waals surface area contributed by atoms with Crippen LogP contribution in [0.4, 0.5) is 0 Å². The van der Waals surface area contributed by atoms with Gasteiger partial charge in [0.1, 0.15) is 11.7 Å². The van der Waals surface area contributed by atoms with Crippen LogP contribution in [0.25, 0.3) is 0 Å². The van der Waals surface area contributed by atoms with Gasteiger partial charge in [-0.05, 0) is 17.7 Å². The molecule has 0 spiro atoms. The highest BCUT2D eigenvalue weighted by atomic mass is 16.4. The third-order valence-corrected chi connectivity index (χ3v) is 2.84. The number of carbonyl (C=O) groups is 4. The summed E-state index contributed by atoms with van der Waals surface area (Å²) in [6, 6.07) is -2.62. The first-order valence-electron chi connectivity index (χ1n) is 6.32. The maximum atomic E-state index is 11.0. The van der Waals surface area contributed by atoms with Crippen molar-refractivity contribution in [2.45, 2.75) is 24.9 Å². The number of carboxylic acids is 4. The predicted molar refractivity (Wildman–Crippen MR) is 75.1 cm³/mol. The Balaban J connectivity index is 2.95. The van der Waals surface area contributed by atoms with Crippen LogP contribution in [-0.2, 0) is 19.2 Å². The van der Waals surface area contributed by atoms with Crippen LogP contribution in [0, 0.1) is 0 Å². The fraction of sp³-hybridized carbons (Fsp3) is 0.308. The summed E-state index contributed by atoms with van der Waals surface area (Å²) in [5.41, 5.74) is -0.0135. The van der Waals surface area contributed by atoms with E-state index in [1.165, 1.54) is 12.2 Å². The van der Waals surface area contributed by atoms with Crippen molar-refractivity contribution in [1.29, 1.82) is 0 Å². The third-order valence-electron chi connectivity index (χ3n) is 2.84. The van der Waals surface area contributed by atoms with E-state index in [1.54, 1.807) is 0 Å². The van der Waals surface area contributed by atoms with Gasteiger partial charge in [0.15, 0.2) is 6.04 Å². The maximum absolute atomic E-state index is 11.0. The Morgan fingerprint density at radius 1 is 1.26 bits per heavy atom. The van der Waals surface area contributed by atoms with Gasteiger partial charge >= 0.3 is 23.9 Å². The van der Waals surface area contributed by atoms with Gasteiger partial charge in [-0.3, -0.25) is 9.79 Å². The lowest BCUT2D eigenvalue weighted by molar-refractivity contribution is -0.144. The van der Waals surface area contributed by atoms with Crippen LogP contribution in [0.1, 0.15) is 12.8 Å². The van der Waals surface area contributed by atoms with Crippen molar-refractivity contribution in [3.63, 3.8) is 0 Å². The Morgan fingerprint density at radius 3 is 2.39 bits per heavy atom. The predicted octanol–water partition coefficient (Wildman–Crippen LogP) is -0.673. The summed E-state index contributed by atoms with van der Waals surface area (Å²) in [6.45, 7) is 0. The van der Waals surface area contributed by atoms with Crippen molar-refractivity contribution in [3.05, 3.63) is 23.4 Å². The lowest BCUT2D eigenvalue weighted by Gasteiger charge is -2.21. The molecule has 10 heteroatoms. The molecule has 0 aromatic heterocycles. The summed E-state index contributed by atoms with van der Waals surface area (Å²) in [5, 5.41) is 37.6. The fourth-order valence-electron chi connectivity index (χ4n) is 1.76. The molecule has 5 N–H and O–H groups in total. The molecule has 124 valence electrons. The summed E-state index contributed by atoms with van der Waals surface area (Å²) in [7, 11) is 0. The van der Waals surface area contributed by atoms with Gasteiger partial charge in [-0.2, -0.15) is 0 Å². The molecule has 1 aliphatic heterocycles. The summed E-state index contributed by atoms with van der Waals surface area (Å²) in [6.07, 6.45) is 2.73. The minimum absolute atomic E-state index is 0.0329. The highest BCUT2D eigenvalue weighted by Crippen LogP contribution is 2.16. The molecule has 0 amide bonds. The number of hydrogen-bond donors (Lipinski definition) is 5. The Bertz CT molecular complexity index is 619. The molecule has 1 heterocycles. The average molecular weight is 326 g/mol. The van der Waals surface area contributed by atoms with Crippen LogP contribution in [0.2, 0.25) is 0 Å². The van der Waals surface area contributed by atoms with Gasteiger partial charge in [-0.15, -0.1) is 0 Å². The number of nitrogens with zero attached hydrogens (tertiary/aromatic N) is 1. The number of aliphatic carboxylic acids is 4. The van der Waals surface area contributed by atoms with Gasteiger partial charge in [0, 0.05) is 12.6 Å². The van der Waals surface area contributed by atoms with Gasteiger partial charge in [-0.25, -0.2) is 14.4 Å². The molecular weight excluding hydrogens is 312 g/mol. The van der Waals surface area contributed by atoms with E-state index < -0.39 is 42.4 Å². The van der Waals surface area contributed by atoms with Gasteiger partial charge in [0.2, 0.25) is 0 Å². The second kappa shape index (κ2) is 7.73. The van der Waals surface area contributed by atoms with Gasteiger partial charge in [-0.1, -0.05) is 0 Å². The van der Waals surface area contributed by atoms with Crippen LogP contribution >= 0.6 is 0 Å². The van der Waals surface area contributed by atoms with Crippen molar-refractivity contribution >= 4 is 30.1 Å². The molecule has 23 heavy (non-hydrogen) atoms. The first-order chi connectivity index (χ1) is 10.7. The van der Waals surface area contributed by atoms with Gasteiger partial charge in [0.05, 0.1) is 6.42 Å². The molecule has 1 aliphatic rings. The van der Waals surface area contributed by atoms with E-state index in [4.69, 9.17) is 20.4 Å². The molecule has 0 saturated heterocycles. The van der Waals surface area contributed by atoms with Crippen LogP contribution in [0.15, 0.2) is 28.4 Å². The summed E-state index contributed by atoms with van der Waals surface area (Å²) < 4.78 is 0. The molecule has 0 aliphatic carbocycles. The fourth-order valence-corrected chi connectivity index (χ4v) is 1.76. The number of aliphatic imine (C=N–C) groups is 1. The van der Waals surface area contributed by atoms with E-state index in [2.05, 4.69) is 10.3 Å². The first-order valence-corrected chi connectivity index (χ1v) is 6.32. The molecule has 0 fully saturated rings. The molecular formula is C13H14N2O8. The van der Waals surface area contributed by atoms with Crippen molar-refractivity contribution < 1.29 is 39.6 Å². The molecule has 1 rings (SSSR count).